The van der Waals surface area contributed by atoms with E-state index in [4.69, 9.17) is 0 Å². The highest BCUT2D eigenvalue weighted by atomic mass is 79.9. The smallest absolute Gasteiger partial charge is 0.132 e. The molecule has 0 saturated carbocycles. The van der Waals surface area contributed by atoms with Crippen LogP contribution in [-0.4, -0.2) is 11.5 Å². The topological polar surface area (TPSA) is 24.9 Å². The highest BCUT2D eigenvalue weighted by Crippen LogP contribution is 2.25. The molecule has 0 atom stereocenters. The average molecular weight is 283 g/mol. The second kappa shape index (κ2) is 4.78. The molecule has 4 heteroatoms. The Kier molecular flexibility index (Phi) is 3.39. The maximum Gasteiger partial charge on any atom is 0.132 e. The van der Waals surface area contributed by atoms with Crippen molar-refractivity contribution < 1.29 is 4.39 Å². The van der Waals surface area contributed by atoms with Crippen LogP contribution in [0, 0.1) is 5.82 Å². The molecule has 2 rings (SSSR count). The molecule has 0 aliphatic carbocycles. The lowest BCUT2D eigenvalue weighted by Crippen LogP contribution is -2.01. The first-order chi connectivity index (χ1) is 7.72. The number of hydrogen-bond acceptors (Lipinski definition) is 2. The largest absolute Gasteiger partial charge is 0.370 e. The Hall–Kier alpha value is -1.16. The summed E-state index contributed by atoms with van der Waals surface area (Å²) in [6.07, 6.45) is 1.03. The lowest BCUT2D eigenvalue weighted by atomic mass is 10.2. The lowest BCUT2D eigenvalue weighted by molar-refractivity contribution is 0.639. The van der Waals surface area contributed by atoms with Crippen LogP contribution in [0.5, 0.6) is 0 Å². The van der Waals surface area contributed by atoms with E-state index in [0.717, 1.165) is 23.3 Å². The van der Waals surface area contributed by atoms with Gasteiger partial charge in [0.1, 0.15) is 11.6 Å². The molecule has 0 radical (unpaired) electrons. The minimum Gasteiger partial charge on any atom is -0.370 e. The van der Waals surface area contributed by atoms with E-state index in [1.165, 1.54) is 6.07 Å². The molecular formula is C12H12BrFN2. The van der Waals surface area contributed by atoms with Crippen molar-refractivity contribution >= 4 is 32.7 Å². The van der Waals surface area contributed by atoms with Crippen molar-refractivity contribution in [3.8, 4) is 0 Å². The van der Waals surface area contributed by atoms with Crippen LogP contribution in [0.2, 0.25) is 0 Å². The zero-order valence-electron chi connectivity index (χ0n) is 8.93. The number of halogens is 2. The van der Waals surface area contributed by atoms with Gasteiger partial charge in [-0.25, -0.2) is 9.37 Å². The van der Waals surface area contributed by atoms with Gasteiger partial charge in [-0.05, 0) is 46.6 Å². The van der Waals surface area contributed by atoms with E-state index < -0.39 is 0 Å². The van der Waals surface area contributed by atoms with Gasteiger partial charge in [-0.3, -0.25) is 0 Å². The standard InChI is InChI=1S/C12H12BrFN2/c1-2-7-15-11-6-3-8-10(14)5-4-9(13)12(8)16-11/h3-6H,2,7H2,1H3,(H,15,16). The Bertz CT molecular complexity index is 514. The first-order valence-electron chi connectivity index (χ1n) is 5.21. The van der Waals surface area contributed by atoms with Gasteiger partial charge >= 0.3 is 0 Å². The number of hydrogen-bond donors (Lipinski definition) is 1. The summed E-state index contributed by atoms with van der Waals surface area (Å²) in [6, 6.07) is 6.66. The van der Waals surface area contributed by atoms with Crippen LogP contribution in [0.15, 0.2) is 28.7 Å². The molecule has 16 heavy (non-hydrogen) atoms. The molecule has 0 unspecified atom stereocenters. The number of rotatable bonds is 3. The molecule has 1 N–H and O–H groups in total. The molecule has 2 nitrogen and oxygen atoms in total. The number of nitrogens with one attached hydrogen (secondary N) is 1. The summed E-state index contributed by atoms with van der Waals surface area (Å²) in [5.41, 5.74) is 0.654. The minimum absolute atomic E-state index is 0.243. The van der Waals surface area contributed by atoms with Crippen LogP contribution in [0.1, 0.15) is 13.3 Å². The van der Waals surface area contributed by atoms with E-state index in [0.29, 0.717) is 10.9 Å². The van der Waals surface area contributed by atoms with E-state index >= 15 is 0 Å². The van der Waals surface area contributed by atoms with Crippen LogP contribution < -0.4 is 5.32 Å². The van der Waals surface area contributed by atoms with E-state index in [-0.39, 0.29) is 5.82 Å². The van der Waals surface area contributed by atoms with E-state index in [9.17, 15) is 4.39 Å². The molecule has 2 aromatic rings. The van der Waals surface area contributed by atoms with Gasteiger partial charge in [0, 0.05) is 16.4 Å². The molecule has 0 aliphatic heterocycles. The molecule has 0 amide bonds. The summed E-state index contributed by atoms with van der Waals surface area (Å²) >= 11 is 3.38. The molecular weight excluding hydrogens is 271 g/mol. The van der Waals surface area contributed by atoms with Gasteiger partial charge in [0.05, 0.1) is 5.52 Å². The molecule has 0 fully saturated rings. The maximum atomic E-state index is 13.5. The van der Waals surface area contributed by atoms with Crippen LogP contribution >= 0.6 is 15.9 Å². The zero-order chi connectivity index (χ0) is 11.5. The van der Waals surface area contributed by atoms with Crippen molar-refractivity contribution in [3.63, 3.8) is 0 Å². The predicted octanol–water partition coefficient (Wildman–Crippen LogP) is 3.96. The third kappa shape index (κ3) is 2.16. The molecule has 1 aromatic heterocycles. The Morgan fingerprint density at radius 2 is 2.12 bits per heavy atom. The van der Waals surface area contributed by atoms with Gasteiger partial charge in [0.15, 0.2) is 0 Å². The maximum absolute atomic E-state index is 13.5. The zero-order valence-corrected chi connectivity index (χ0v) is 10.5. The molecule has 0 spiro atoms. The fourth-order valence-electron chi connectivity index (χ4n) is 1.50. The van der Waals surface area contributed by atoms with Crippen molar-refractivity contribution in [2.75, 3.05) is 11.9 Å². The van der Waals surface area contributed by atoms with Crippen LogP contribution in [0.3, 0.4) is 0 Å². The Morgan fingerprint density at radius 3 is 2.88 bits per heavy atom. The van der Waals surface area contributed by atoms with Gasteiger partial charge in [0.25, 0.3) is 0 Å². The fourth-order valence-corrected chi connectivity index (χ4v) is 1.93. The van der Waals surface area contributed by atoms with Crippen molar-refractivity contribution in [1.29, 1.82) is 0 Å². The summed E-state index contributed by atoms with van der Waals surface area (Å²) in [5, 5.41) is 3.72. The normalized spacial score (nSPS) is 10.7. The van der Waals surface area contributed by atoms with Crippen LogP contribution in [0.4, 0.5) is 10.2 Å². The fraction of sp³-hybridized carbons (Fsp3) is 0.250. The molecule has 1 aromatic carbocycles. The summed E-state index contributed by atoms with van der Waals surface area (Å²) in [5.74, 6) is 0.536. The van der Waals surface area contributed by atoms with Crippen LogP contribution in [0.25, 0.3) is 10.9 Å². The van der Waals surface area contributed by atoms with Gasteiger partial charge in [-0.15, -0.1) is 0 Å². The molecule has 0 aliphatic rings. The first-order valence-corrected chi connectivity index (χ1v) is 6.00. The third-order valence-corrected chi connectivity index (χ3v) is 2.95. The molecule has 0 bridgehead atoms. The molecule has 0 saturated heterocycles. The van der Waals surface area contributed by atoms with Gasteiger partial charge in [-0.1, -0.05) is 6.92 Å². The first kappa shape index (κ1) is 11.3. The van der Waals surface area contributed by atoms with Gasteiger partial charge < -0.3 is 5.32 Å². The van der Waals surface area contributed by atoms with E-state index in [2.05, 4.69) is 33.2 Å². The summed E-state index contributed by atoms with van der Waals surface area (Å²) in [4.78, 5) is 4.38. The summed E-state index contributed by atoms with van der Waals surface area (Å²) in [6.45, 7) is 2.95. The van der Waals surface area contributed by atoms with Gasteiger partial charge in [-0.2, -0.15) is 0 Å². The quantitative estimate of drug-likeness (QED) is 0.922. The summed E-state index contributed by atoms with van der Waals surface area (Å²) < 4.78 is 14.3. The SMILES string of the molecule is CCCNc1ccc2c(F)ccc(Br)c2n1. The average Bonchev–Trinajstić information content (AvgIpc) is 2.31. The summed E-state index contributed by atoms with van der Waals surface area (Å²) in [7, 11) is 0. The van der Waals surface area contributed by atoms with Crippen molar-refractivity contribution in [3.05, 3.63) is 34.6 Å². The van der Waals surface area contributed by atoms with E-state index in [1.807, 2.05) is 0 Å². The minimum atomic E-state index is -0.243. The predicted molar refractivity (Wildman–Crippen MR) is 68.2 cm³/mol. The second-order valence-corrected chi connectivity index (χ2v) is 4.40. The highest BCUT2D eigenvalue weighted by molar-refractivity contribution is 9.10. The highest BCUT2D eigenvalue weighted by Gasteiger charge is 2.06. The van der Waals surface area contributed by atoms with E-state index in [1.54, 1.807) is 18.2 Å². The number of aromatic nitrogens is 1. The molecule has 84 valence electrons. The van der Waals surface area contributed by atoms with Gasteiger partial charge in [0.2, 0.25) is 0 Å². The number of pyridine rings is 1. The number of benzene rings is 1. The number of nitrogens with zero attached hydrogens (tertiary/aromatic N) is 1. The van der Waals surface area contributed by atoms with Crippen molar-refractivity contribution in [2.45, 2.75) is 13.3 Å². The Morgan fingerprint density at radius 1 is 1.31 bits per heavy atom. The second-order valence-electron chi connectivity index (χ2n) is 3.55. The Balaban J connectivity index is 2.48. The monoisotopic (exact) mass is 282 g/mol. The molecule has 1 heterocycles. The number of anilines is 1. The lowest BCUT2D eigenvalue weighted by Gasteiger charge is -2.06. The van der Waals surface area contributed by atoms with Crippen molar-refractivity contribution in [2.24, 2.45) is 0 Å². The van der Waals surface area contributed by atoms with Crippen LogP contribution in [-0.2, 0) is 0 Å². The third-order valence-electron chi connectivity index (χ3n) is 2.31. The number of fused-ring (bicyclic) bond motifs is 1. The van der Waals surface area contributed by atoms with Crippen molar-refractivity contribution in [1.82, 2.24) is 4.98 Å². The Labute approximate surface area is 102 Å².